The molecule has 0 spiro atoms. The number of pyridine rings is 1. The summed E-state index contributed by atoms with van der Waals surface area (Å²) in [7, 11) is 0. The highest BCUT2D eigenvalue weighted by atomic mass is 16.5. The third-order valence-corrected chi connectivity index (χ3v) is 4.35. The maximum absolute atomic E-state index is 12.9. The molecule has 8 heteroatoms. The molecule has 0 aromatic carbocycles. The second-order valence-electron chi connectivity index (χ2n) is 6.37. The molecule has 1 atom stereocenters. The lowest BCUT2D eigenvalue weighted by atomic mass is 10.0. The second kappa shape index (κ2) is 8.46. The lowest BCUT2D eigenvalue weighted by molar-refractivity contribution is -0.137. The highest BCUT2D eigenvalue weighted by Crippen LogP contribution is 2.19. The van der Waals surface area contributed by atoms with E-state index in [9.17, 15) is 9.59 Å². The van der Waals surface area contributed by atoms with Crippen molar-refractivity contribution in [3.8, 4) is 5.75 Å². The van der Waals surface area contributed by atoms with Crippen molar-refractivity contribution in [1.82, 2.24) is 25.2 Å². The standard InChI is InChI=1S/C18H23N5O3/c1-13(24)22-17(9-14-10-20-12-21-14)18(25)23-7-4-15(5-8-23)26-16-3-2-6-19-11-16/h2-3,6,10-12,15,17H,4-5,7-9H2,1H3,(H,20,21)(H,22,24)/t17-/m0/s1. The van der Waals surface area contributed by atoms with E-state index in [-0.39, 0.29) is 17.9 Å². The summed E-state index contributed by atoms with van der Waals surface area (Å²) in [5.41, 5.74) is 0.812. The zero-order chi connectivity index (χ0) is 18.4. The van der Waals surface area contributed by atoms with E-state index in [0.717, 1.165) is 24.3 Å². The van der Waals surface area contributed by atoms with Gasteiger partial charge in [-0.1, -0.05) is 0 Å². The first-order valence-electron chi connectivity index (χ1n) is 8.71. The van der Waals surface area contributed by atoms with Crippen molar-refractivity contribution in [3.05, 3.63) is 42.7 Å². The first-order chi connectivity index (χ1) is 12.6. The predicted molar refractivity (Wildman–Crippen MR) is 94.4 cm³/mol. The zero-order valence-electron chi connectivity index (χ0n) is 14.7. The third kappa shape index (κ3) is 4.81. The summed E-state index contributed by atoms with van der Waals surface area (Å²) in [5, 5.41) is 2.75. The Kier molecular flexibility index (Phi) is 5.83. The fourth-order valence-corrected chi connectivity index (χ4v) is 3.09. The van der Waals surface area contributed by atoms with Gasteiger partial charge in [-0.05, 0) is 12.1 Å². The number of ether oxygens (including phenoxy) is 1. The number of rotatable bonds is 6. The molecule has 138 valence electrons. The van der Waals surface area contributed by atoms with Gasteiger partial charge in [-0.3, -0.25) is 14.6 Å². The first-order valence-corrected chi connectivity index (χ1v) is 8.71. The van der Waals surface area contributed by atoms with Gasteiger partial charge in [0.1, 0.15) is 17.9 Å². The summed E-state index contributed by atoms with van der Waals surface area (Å²) in [6, 6.07) is 3.12. The quantitative estimate of drug-likeness (QED) is 0.801. The minimum atomic E-state index is -0.594. The molecule has 26 heavy (non-hydrogen) atoms. The number of hydrogen-bond acceptors (Lipinski definition) is 5. The number of carbonyl (C=O) groups excluding carboxylic acids is 2. The molecule has 2 amide bonds. The van der Waals surface area contributed by atoms with Gasteiger partial charge in [-0.25, -0.2) is 4.98 Å². The summed E-state index contributed by atoms with van der Waals surface area (Å²) in [6.45, 7) is 2.62. The summed E-state index contributed by atoms with van der Waals surface area (Å²) < 4.78 is 5.91. The summed E-state index contributed by atoms with van der Waals surface area (Å²) in [5.74, 6) is 0.444. The Bertz CT molecular complexity index is 712. The largest absolute Gasteiger partial charge is 0.489 e. The zero-order valence-corrected chi connectivity index (χ0v) is 14.7. The van der Waals surface area contributed by atoms with Crippen molar-refractivity contribution in [1.29, 1.82) is 0 Å². The average molecular weight is 357 g/mol. The minimum absolute atomic E-state index is 0.0649. The van der Waals surface area contributed by atoms with E-state index in [1.165, 1.54) is 6.92 Å². The van der Waals surface area contributed by atoms with Crippen LogP contribution in [0.1, 0.15) is 25.5 Å². The highest BCUT2D eigenvalue weighted by molar-refractivity contribution is 5.87. The molecule has 1 aliphatic heterocycles. The fourth-order valence-electron chi connectivity index (χ4n) is 3.09. The van der Waals surface area contributed by atoms with Crippen LogP contribution in [0.2, 0.25) is 0 Å². The maximum atomic E-state index is 12.9. The van der Waals surface area contributed by atoms with Gasteiger partial charge in [0.15, 0.2) is 0 Å². The van der Waals surface area contributed by atoms with Crippen LogP contribution >= 0.6 is 0 Å². The average Bonchev–Trinajstić information content (AvgIpc) is 3.15. The molecule has 2 aromatic rings. The van der Waals surface area contributed by atoms with Crippen molar-refractivity contribution in [2.45, 2.75) is 38.3 Å². The number of nitrogens with one attached hydrogen (secondary N) is 2. The van der Waals surface area contributed by atoms with Crippen molar-refractivity contribution in [2.75, 3.05) is 13.1 Å². The molecule has 1 aliphatic rings. The normalized spacial score (nSPS) is 16.1. The van der Waals surface area contributed by atoms with Gasteiger partial charge in [0.25, 0.3) is 0 Å². The van der Waals surface area contributed by atoms with Crippen LogP contribution in [0, 0.1) is 0 Å². The smallest absolute Gasteiger partial charge is 0.245 e. The van der Waals surface area contributed by atoms with Crippen molar-refractivity contribution >= 4 is 11.8 Å². The van der Waals surface area contributed by atoms with Gasteiger partial charge in [0, 0.05) is 57.4 Å². The van der Waals surface area contributed by atoms with Crippen LogP contribution in [-0.2, 0) is 16.0 Å². The van der Waals surface area contributed by atoms with E-state index in [0.29, 0.717) is 19.5 Å². The van der Waals surface area contributed by atoms with E-state index >= 15 is 0 Å². The molecule has 0 unspecified atom stereocenters. The van der Waals surface area contributed by atoms with Crippen LogP contribution in [0.3, 0.4) is 0 Å². The van der Waals surface area contributed by atoms with Crippen LogP contribution in [0.4, 0.5) is 0 Å². The number of nitrogens with zero attached hydrogens (tertiary/aromatic N) is 3. The van der Waals surface area contributed by atoms with E-state index in [4.69, 9.17) is 4.74 Å². The monoisotopic (exact) mass is 357 g/mol. The molecule has 1 fully saturated rings. The Labute approximate surface area is 152 Å². The Morgan fingerprint density at radius 2 is 2.15 bits per heavy atom. The van der Waals surface area contributed by atoms with Crippen LogP contribution in [0.5, 0.6) is 5.75 Å². The second-order valence-corrected chi connectivity index (χ2v) is 6.37. The number of carbonyl (C=O) groups is 2. The topological polar surface area (TPSA) is 100 Å². The minimum Gasteiger partial charge on any atom is -0.489 e. The van der Waals surface area contributed by atoms with Gasteiger partial charge in [0.2, 0.25) is 11.8 Å². The number of piperidine rings is 1. The number of imidazole rings is 1. The molecule has 0 aliphatic carbocycles. The lowest BCUT2D eigenvalue weighted by Gasteiger charge is -2.34. The van der Waals surface area contributed by atoms with Crippen LogP contribution < -0.4 is 10.1 Å². The highest BCUT2D eigenvalue weighted by Gasteiger charge is 2.29. The van der Waals surface area contributed by atoms with Gasteiger partial charge in [-0.2, -0.15) is 0 Å². The molecular weight excluding hydrogens is 334 g/mol. The summed E-state index contributed by atoms with van der Waals surface area (Å²) >= 11 is 0. The van der Waals surface area contributed by atoms with Crippen LogP contribution in [-0.4, -0.2) is 56.9 Å². The Hall–Kier alpha value is -2.90. The van der Waals surface area contributed by atoms with Crippen LogP contribution in [0.25, 0.3) is 0 Å². The number of hydrogen-bond donors (Lipinski definition) is 2. The molecule has 0 radical (unpaired) electrons. The van der Waals surface area contributed by atoms with Crippen LogP contribution in [0.15, 0.2) is 37.1 Å². The first kappa shape index (κ1) is 17.9. The molecule has 1 saturated heterocycles. The molecule has 3 heterocycles. The Morgan fingerprint density at radius 3 is 2.77 bits per heavy atom. The molecule has 0 saturated carbocycles. The molecule has 8 nitrogen and oxygen atoms in total. The molecule has 2 aromatic heterocycles. The van der Waals surface area contributed by atoms with Crippen molar-refractivity contribution < 1.29 is 14.3 Å². The van der Waals surface area contributed by atoms with E-state index < -0.39 is 6.04 Å². The van der Waals surface area contributed by atoms with E-state index in [2.05, 4.69) is 20.3 Å². The number of aromatic nitrogens is 3. The lowest BCUT2D eigenvalue weighted by Crippen LogP contribution is -2.52. The van der Waals surface area contributed by atoms with Crippen molar-refractivity contribution in [2.24, 2.45) is 0 Å². The van der Waals surface area contributed by atoms with Crippen molar-refractivity contribution in [3.63, 3.8) is 0 Å². The molecular formula is C18H23N5O3. The number of amides is 2. The summed E-state index contributed by atoms with van der Waals surface area (Å²) in [4.78, 5) is 37.1. The SMILES string of the molecule is CC(=O)N[C@@H](Cc1cnc[nH]1)C(=O)N1CCC(Oc2cccnc2)CC1. The van der Waals surface area contributed by atoms with Gasteiger partial charge < -0.3 is 19.9 Å². The Balaban J connectivity index is 1.55. The van der Waals surface area contributed by atoms with E-state index in [1.807, 2.05) is 12.1 Å². The molecule has 3 rings (SSSR count). The maximum Gasteiger partial charge on any atom is 0.245 e. The number of likely N-dealkylation sites (tertiary alicyclic amines) is 1. The molecule has 0 bridgehead atoms. The molecule has 2 N–H and O–H groups in total. The number of H-pyrrole nitrogens is 1. The fraction of sp³-hybridized carbons (Fsp3) is 0.444. The van der Waals surface area contributed by atoms with Gasteiger partial charge in [0.05, 0.1) is 12.5 Å². The van der Waals surface area contributed by atoms with Gasteiger partial charge in [-0.15, -0.1) is 0 Å². The Morgan fingerprint density at radius 1 is 1.35 bits per heavy atom. The third-order valence-electron chi connectivity index (χ3n) is 4.35. The van der Waals surface area contributed by atoms with E-state index in [1.54, 1.807) is 29.8 Å². The summed E-state index contributed by atoms with van der Waals surface area (Å²) in [6.07, 6.45) is 8.57. The predicted octanol–water partition coefficient (Wildman–Crippen LogP) is 0.922. The van der Waals surface area contributed by atoms with Gasteiger partial charge >= 0.3 is 0 Å². The number of aromatic amines is 1.